The summed E-state index contributed by atoms with van der Waals surface area (Å²) in [4.78, 5) is 0. The second-order valence-corrected chi connectivity index (χ2v) is 6.60. The monoisotopic (exact) mass is 325 g/mol. The van der Waals surface area contributed by atoms with Gasteiger partial charge in [-0.3, -0.25) is 0 Å². The van der Waals surface area contributed by atoms with Gasteiger partial charge in [0.2, 0.25) is 0 Å². The quantitative estimate of drug-likeness (QED) is 0.269. The minimum atomic E-state index is 1.25. The molecule has 1 nitrogen and oxygen atoms in total. The van der Waals surface area contributed by atoms with Crippen LogP contribution in [0, 0.1) is 0 Å². The van der Waals surface area contributed by atoms with Gasteiger partial charge in [0.05, 0.1) is 5.52 Å². The van der Waals surface area contributed by atoms with E-state index in [2.05, 4.69) is 98.3 Å². The number of rotatable bonds is 0. The molecule has 5 rings (SSSR count). The van der Waals surface area contributed by atoms with Crippen LogP contribution >= 0.6 is 0 Å². The first-order valence-corrected chi connectivity index (χ1v) is 9.04. The van der Waals surface area contributed by atoms with E-state index >= 15 is 0 Å². The Morgan fingerprint density at radius 2 is 1.04 bits per heavy atom. The van der Waals surface area contributed by atoms with Gasteiger partial charge in [-0.25, -0.2) is 0 Å². The van der Waals surface area contributed by atoms with Crippen LogP contribution in [0.15, 0.2) is 72.8 Å². The molecule has 0 bridgehead atoms. The van der Waals surface area contributed by atoms with E-state index in [1.165, 1.54) is 49.8 Å². The highest BCUT2D eigenvalue weighted by Crippen LogP contribution is 2.39. The lowest BCUT2D eigenvalue weighted by molar-refractivity contribution is 1.02. The molecular formula is C24H23N. The third kappa shape index (κ3) is 2.31. The van der Waals surface area contributed by atoms with E-state index in [1.54, 1.807) is 0 Å². The molecule has 0 spiro atoms. The van der Waals surface area contributed by atoms with Crippen LogP contribution in [-0.2, 0) is 7.05 Å². The second-order valence-electron chi connectivity index (χ2n) is 6.60. The van der Waals surface area contributed by atoms with E-state index in [4.69, 9.17) is 0 Å². The summed E-state index contributed by atoms with van der Waals surface area (Å²) in [5.41, 5.74) is 2.62. The first-order valence-electron chi connectivity index (χ1n) is 9.04. The minimum absolute atomic E-state index is 1.25. The molecule has 0 aliphatic heterocycles. The smallest absolute Gasteiger partial charge is 0.0574 e. The number of nitrogens with zero attached hydrogens (tertiary/aromatic N) is 1. The normalized spacial score (nSPS) is 11.2. The molecule has 0 unspecified atom stereocenters. The van der Waals surface area contributed by atoms with Crippen molar-refractivity contribution in [2.24, 2.45) is 7.05 Å². The summed E-state index contributed by atoms with van der Waals surface area (Å²) in [5.74, 6) is 0. The number of para-hydroxylation sites is 1. The maximum atomic E-state index is 2.33. The van der Waals surface area contributed by atoms with Crippen LogP contribution < -0.4 is 0 Å². The fourth-order valence-electron chi connectivity index (χ4n) is 3.84. The Hall–Kier alpha value is -2.80. The van der Waals surface area contributed by atoms with Crippen molar-refractivity contribution in [3.05, 3.63) is 72.8 Å². The first-order chi connectivity index (χ1) is 12.3. The van der Waals surface area contributed by atoms with E-state index in [0.717, 1.165) is 0 Å². The minimum Gasteiger partial charge on any atom is -0.343 e. The maximum absolute atomic E-state index is 2.33. The molecule has 0 atom stereocenters. The van der Waals surface area contributed by atoms with Crippen molar-refractivity contribution in [2.75, 3.05) is 0 Å². The summed E-state index contributed by atoms with van der Waals surface area (Å²) in [7, 11) is 2.17. The molecule has 0 aliphatic rings. The Balaban J connectivity index is 0.000000490. The summed E-state index contributed by atoms with van der Waals surface area (Å²) in [6, 6.07) is 26.2. The average Bonchev–Trinajstić information content (AvgIpc) is 2.96. The third-order valence-corrected chi connectivity index (χ3v) is 4.78. The summed E-state index contributed by atoms with van der Waals surface area (Å²) in [5, 5.41) is 8.04. The van der Waals surface area contributed by atoms with Gasteiger partial charge in [0.15, 0.2) is 0 Å². The number of benzene rings is 4. The van der Waals surface area contributed by atoms with E-state index < -0.39 is 0 Å². The molecule has 4 aromatic carbocycles. The van der Waals surface area contributed by atoms with Gasteiger partial charge in [0, 0.05) is 28.7 Å². The lowest BCUT2D eigenvalue weighted by Crippen LogP contribution is -1.88. The predicted molar refractivity (Wildman–Crippen MR) is 111 cm³/mol. The number of aryl methyl sites for hydroxylation is 1. The Bertz CT molecular complexity index is 1190. The van der Waals surface area contributed by atoms with Crippen LogP contribution in [0.3, 0.4) is 0 Å². The Morgan fingerprint density at radius 3 is 1.68 bits per heavy atom. The number of hydrogen-bond donors (Lipinski definition) is 0. The average molecular weight is 325 g/mol. The summed E-state index contributed by atoms with van der Waals surface area (Å²) in [6.07, 6.45) is 1.25. The third-order valence-electron chi connectivity index (χ3n) is 4.78. The summed E-state index contributed by atoms with van der Waals surface area (Å²) >= 11 is 0. The zero-order valence-electron chi connectivity index (χ0n) is 15.1. The maximum Gasteiger partial charge on any atom is 0.0574 e. The first kappa shape index (κ1) is 15.7. The van der Waals surface area contributed by atoms with Crippen molar-refractivity contribution in [1.82, 2.24) is 4.57 Å². The molecule has 0 N–H and O–H groups in total. The zero-order valence-corrected chi connectivity index (χ0v) is 15.1. The van der Waals surface area contributed by atoms with E-state index in [-0.39, 0.29) is 0 Å². The van der Waals surface area contributed by atoms with Gasteiger partial charge < -0.3 is 4.57 Å². The molecule has 25 heavy (non-hydrogen) atoms. The molecule has 0 radical (unpaired) electrons. The molecule has 0 aliphatic carbocycles. The standard InChI is InChI=1S/C21H15N.C3H8/c1-22-19-13-7-6-12-18(19)20-16-10-4-2-8-14(16)15-9-3-5-11-17(15)21(20)22;1-3-2/h2-13H,1H3;3H2,1-2H3. The molecule has 1 aromatic heterocycles. The molecule has 1 heteroatoms. The SMILES string of the molecule is CCC.Cn1c2ccccc2c2c3ccccc3c3ccccc3c21. The topological polar surface area (TPSA) is 4.93 Å². The van der Waals surface area contributed by atoms with Crippen LogP contribution in [-0.4, -0.2) is 4.57 Å². The summed E-state index contributed by atoms with van der Waals surface area (Å²) in [6.45, 7) is 4.25. The van der Waals surface area contributed by atoms with Gasteiger partial charge in [0.1, 0.15) is 0 Å². The lowest BCUT2D eigenvalue weighted by atomic mass is 9.97. The fraction of sp³-hybridized carbons (Fsp3) is 0.167. The highest BCUT2D eigenvalue weighted by Gasteiger charge is 2.14. The molecule has 0 saturated heterocycles. The zero-order chi connectivity index (χ0) is 17.4. The molecule has 124 valence electrons. The summed E-state index contributed by atoms with van der Waals surface area (Å²) < 4.78 is 2.33. The van der Waals surface area contributed by atoms with Gasteiger partial charge in [-0.2, -0.15) is 0 Å². The van der Waals surface area contributed by atoms with Crippen molar-refractivity contribution >= 4 is 43.4 Å². The predicted octanol–water partition coefficient (Wildman–Crippen LogP) is 7.05. The van der Waals surface area contributed by atoms with Crippen LogP contribution in [0.1, 0.15) is 20.3 Å². The number of hydrogen-bond acceptors (Lipinski definition) is 0. The number of aromatic nitrogens is 1. The largest absolute Gasteiger partial charge is 0.343 e. The lowest BCUT2D eigenvalue weighted by Gasteiger charge is -2.08. The van der Waals surface area contributed by atoms with Crippen LogP contribution in [0.5, 0.6) is 0 Å². The van der Waals surface area contributed by atoms with E-state index in [0.29, 0.717) is 0 Å². The van der Waals surface area contributed by atoms with Crippen molar-refractivity contribution in [2.45, 2.75) is 20.3 Å². The van der Waals surface area contributed by atoms with Gasteiger partial charge in [-0.15, -0.1) is 0 Å². The Kier molecular flexibility index (Phi) is 3.93. The molecule has 0 saturated carbocycles. The highest BCUT2D eigenvalue weighted by atomic mass is 14.9. The van der Waals surface area contributed by atoms with Crippen molar-refractivity contribution < 1.29 is 0 Å². The van der Waals surface area contributed by atoms with Gasteiger partial charge in [-0.05, 0) is 22.2 Å². The second kappa shape index (κ2) is 6.25. The number of fused-ring (bicyclic) bond motifs is 8. The fourth-order valence-corrected chi connectivity index (χ4v) is 3.84. The molecule has 0 amide bonds. The van der Waals surface area contributed by atoms with Crippen LogP contribution in [0.25, 0.3) is 43.4 Å². The highest BCUT2D eigenvalue weighted by molar-refractivity contribution is 6.31. The molecule has 1 heterocycles. The van der Waals surface area contributed by atoms with E-state index in [1.807, 2.05) is 0 Å². The Morgan fingerprint density at radius 1 is 0.600 bits per heavy atom. The molecule has 0 fully saturated rings. The Labute approximate surface area is 148 Å². The van der Waals surface area contributed by atoms with Crippen molar-refractivity contribution in [1.29, 1.82) is 0 Å². The molecule has 5 aromatic rings. The van der Waals surface area contributed by atoms with Crippen LogP contribution in [0.2, 0.25) is 0 Å². The van der Waals surface area contributed by atoms with Gasteiger partial charge >= 0.3 is 0 Å². The van der Waals surface area contributed by atoms with Crippen molar-refractivity contribution in [3.63, 3.8) is 0 Å². The van der Waals surface area contributed by atoms with Crippen molar-refractivity contribution in [3.8, 4) is 0 Å². The van der Waals surface area contributed by atoms with E-state index in [9.17, 15) is 0 Å². The van der Waals surface area contributed by atoms with Gasteiger partial charge in [0.25, 0.3) is 0 Å². The van der Waals surface area contributed by atoms with Gasteiger partial charge in [-0.1, -0.05) is 87.0 Å². The molecular weight excluding hydrogens is 302 g/mol. The van der Waals surface area contributed by atoms with Crippen LogP contribution in [0.4, 0.5) is 0 Å².